The van der Waals surface area contributed by atoms with Gasteiger partial charge in [0.1, 0.15) is 0 Å². The number of hydrogen-bond donors (Lipinski definition) is 1. The molecule has 6 heteroatoms. The maximum atomic E-state index is 11.9. The van der Waals surface area contributed by atoms with E-state index in [0.717, 1.165) is 11.1 Å². The predicted molar refractivity (Wildman–Crippen MR) is 86.0 cm³/mol. The SMILES string of the molecule is CC(=O)N(CCC(=O)NCc1cccnc1)Cc1cccnc1. The van der Waals surface area contributed by atoms with E-state index in [4.69, 9.17) is 0 Å². The largest absolute Gasteiger partial charge is 0.352 e. The van der Waals surface area contributed by atoms with Crippen LogP contribution in [0.1, 0.15) is 24.5 Å². The number of carbonyl (C=O) groups is 2. The maximum absolute atomic E-state index is 11.9. The molecule has 0 aliphatic rings. The maximum Gasteiger partial charge on any atom is 0.222 e. The third kappa shape index (κ3) is 5.86. The number of carbonyl (C=O) groups excluding carboxylic acids is 2. The van der Waals surface area contributed by atoms with Crippen LogP contribution in [0.3, 0.4) is 0 Å². The van der Waals surface area contributed by atoms with Crippen LogP contribution in [0.2, 0.25) is 0 Å². The van der Waals surface area contributed by atoms with Gasteiger partial charge in [-0.25, -0.2) is 0 Å². The molecule has 6 nitrogen and oxygen atoms in total. The van der Waals surface area contributed by atoms with E-state index in [1.54, 1.807) is 29.7 Å². The topological polar surface area (TPSA) is 75.2 Å². The van der Waals surface area contributed by atoms with E-state index in [9.17, 15) is 9.59 Å². The van der Waals surface area contributed by atoms with Crippen molar-refractivity contribution in [3.05, 3.63) is 60.2 Å². The number of pyridine rings is 2. The summed E-state index contributed by atoms with van der Waals surface area (Å²) in [7, 11) is 0. The van der Waals surface area contributed by atoms with E-state index in [-0.39, 0.29) is 18.2 Å². The molecule has 2 heterocycles. The van der Waals surface area contributed by atoms with E-state index >= 15 is 0 Å². The number of aromatic nitrogens is 2. The number of nitrogens with one attached hydrogen (secondary N) is 1. The van der Waals surface area contributed by atoms with Gasteiger partial charge in [-0.3, -0.25) is 19.6 Å². The molecule has 120 valence electrons. The molecule has 1 N–H and O–H groups in total. The molecule has 0 aromatic carbocycles. The second kappa shape index (κ2) is 8.63. The second-order valence-electron chi connectivity index (χ2n) is 5.19. The van der Waals surface area contributed by atoms with Crippen molar-refractivity contribution in [2.24, 2.45) is 0 Å². The summed E-state index contributed by atoms with van der Waals surface area (Å²) in [6.45, 7) is 2.78. The van der Waals surface area contributed by atoms with Crippen LogP contribution in [0.4, 0.5) is 0 Å². The van der Waals surface area contributed by atoms with E-state index in [1.165, 1.54) is 6.92 Å². The fourth-order valence-electron chi connectivity index (χ4n) is 2.09. The highest BCUT2D eigenvalue weighted by atomic mass is 16.2. The van der Waals surface area contributed by atoms with Crippen LogP contribution in [0.15, 0.2) is 49.1 Å². The summed E-state index contributed by atoms with van der Waals surface area (Å²) in [5, 5.41) is 2.83. The first-order valence-electron chi connectivity index (χ1n) is 7.45. The lowest BCUT2D eigenvalue weighted by Gasteiger charge is -2.20. The van der Waals surface area contributed by atoms with E-state index in [0.29, 0.717) is 19.6 Å². The van der Waals surface area contributed by atoms with Gasteiger partial charge < -0.3 is 10.2 Å². The highest BCUT2D eigenvalue weighted by molar-refractivity contribution is 5.78. The Hall–Kier alpha value is -2.76. The standard InChI is InChI=1S/C17H20N4O2/c1-14(22)21(13-16-5-3-8-19-11-16)9-6-17(23)20-12-15-4-2-7-18-10-15/h2-5,7-8,10-11H,6,9,12-13H2,1H3,(H,20,23). The quantitative estimate of drug-likeness (QED) is 0.841. The first kappa shape index (κ1) is 16.6. The molecule has 0 bridgehead atoms. The Morgan fingerprint density at radius 3 is 2.30 bits per heavy atom. The summed E-state index contributed by atoms with van der Waals surface area (Å²) in [5.41, 5.74) is 1.89. The van der Waals surface area contributed by atoms with Gasteiger partial charge in [0.2, 0.25) is 11.8 Å². The molecule has 23 heavy (non-hydrogen) atoms. The first-order chi connectivity index (χ1) is 11.1. The summed E-state index contributed by atoms with van der Waals surface area (Å²) in [6.07, 6.45) is 7.07. The Morgan fingerprint density at radius 2 is 1.74 bits per heavy atom. The Bertz CT molecular complexity index is 632. The molecule has 2 rings (SSSR count). The van der Waals surface area contributed by atoms with Crippen molar-refractivity contribution in [2.45, 2.75) is 26.4 Å². The molecule has 0 saturated heterocycles. The monoisotopic (exact) mass is 312 g/mol. The van der Waals surface area contributed by atoms with E-state index in [1.807, 2.05) is 24.3 Å². The van der Waals surface area contributed by atoms with Gasteiger partial charge in [0.25, 0.3) is 0 Å². The number of hydrogen-bond acceptors (Lipinski definition) is 4. The minimum absolute atomic E-state index is 0.0612. The average molecular weight is 312 g/mol. The highest BCUT2D eigenvalue weighted by Crippen LogP contribution is 2.04. The minimum atomic E-state index is -0.0914. The van der Waals surface area contributed by atoms with E-state index in [2.05, 4.69) is 15.3 Å². The van der Waals surface area contributed by atoms with Crippen molar-refractivity contribution < 1.29 is 9.59 Å². The molecule has 0 atom stereocenters. The molecule has 0 fully saturated rings. The minimum Gasteiger partial charge on any atom is -0.352 e. The molecule has 0 unspecified atom stereocenters. The predicted octanol–water partition coefficient (Wildman–Crippen LogP) is 1.53. The van der Waals surface area contributed by atoms with Crippen molar-refractivity contribution in [1.82, 2.24) is 20.2 Å². The van der Waals surface area contributed by atoms with Crippen molar-refractivity contribution >= 4 is 11.8 Å². The Morgan fingerprint density at radius 1 is 1.09 bits per heavy atom. The van der Waals surface area contributed by atoms with Crippen molar-refractivity contribution in [1.29, 1.82) is 0 Å². The fourth-order valence-corrected chi connectivity index (χ4v) is 2.09. The molecule has 2 amide bonds. The van der Waals surface area contributed by atoms with Crippen molar-refractivity contribution in [3.8, 4) is 0 Å². The number of rotatable bonds is 7. The summed E-state index contributed by atoms with van der Waals surface area (Å²) in [6, 6.07) is 7.46. The highest BCUT2D eigenvalue weighted by Gasteiger charge is 2.12. The van der Waals surface area contributed by atoms with Crippen LogP contribution in [-0.2, 0) is 22.7 Å². The summed E-state index contributed by atoms with van der Waals surface area (Å²) < 4.78 is 0. The lowest BCUT2D eigenvalue weighted by molar-refractivity contribution is -0.130. The molecule has 2 aromatic heterocycles. The third-order valence-corrected chi connectivity index (χ3v) is 3.36. The van der Waals surface area contributed by atoms with Crippen LogP contribution >= 0.6 is 0 Å². The Labute approximate surface area is 135 Å². The molecule has 2 aromatic rings. The Balaban J connectivity index is 1.79. The zero-order valence-electron chi connectivity index (χ0n) is 13.1. The van der Waals surface area contributed by atoms with Gasteiger partial charge in [-0.05, 0) is 23.3 Å². The molecule has 0 aliphatic carbocycles. The van der Waals surface area contributed by atoms with Crippen molar-refractivity contribution in [2.75, 3.05) is 6.54 Å². The lowest BCUT2D eigenvalue weighted by atomic mass is 10.2. The number of amides is 2. The van der Waals surface area contributed by atoms with Gasteiger partial charge >= 0.3 is 0 Å². The zero-order valence-corrected chi connectivity index (χ0v) is 13.1. The van der Waals surface area contributed by atoms with Gasteiger partial charge in [-0.2, -0.15) is 0 Å². The van der Waals surface area contributed by atoms with Crippen LogP contribution in [0.5, 0.6) is 0 Å². The fraction of sp³-hybridized carbons (Fsp3) is 0.294. The summed E-state index contributed by atoms with van der Waals surface area (Å²) in [4.78, 5) is 33.3. The molecular formula is C17H20N4O2. The molecule has 0 spiro atoms. The smallest absolute Gasteiger partial charge is 0.222 e. The van der Waals surface area contributed by atoms with Gasteiger partial charge in [0.05, 0.1) is 0 Å². The summed E-state index contributed by atoms with van der Waals surface area (Å²) >= 11 is 0. The van der Waals surface area contributed by atoms with Crippen LogP contribution in [0, 0.1) is 0 Å². The van der Waals surface area contributed by atoms with Gasteiger partial charge in [-0.15, -0.1) is 0 Å². The van der Waals surface area contributed by atoms with Crippen LogP contribution in [-0.4, -0.2) is 33.2 Å². The van der Waals surface area contributed by atoms with Gasteiger partial charge in [-0.1, -0.05) is 12.1 Å². The number of nitrogens with zero attached hydrogens (tertiary/aromatic N) is 3. The molecular weight excluding hydrogens is 292 g/mol. The van der Waals surface area contributed by atoms with Crippen LogP contribution < -0.4 is 5.32 Å². The first-order valence-corrected chi connectivity index (χ1v) is 7.45. The Kier molecular flexibility index (Phi) is 6.23. The van der Waals surface area contributed by atoms with Gasteiger partial charge in [0.15, 0.2) is 0 Å². The van der Waals surface area contributed by atoms with E-state index < -0.39 is 0 Å². The van der Waals surface area contributed by atoms with Crippen molar-refractivity contribution in [3.63, 3.8) is 0 Å². The summed E-state index contributed by atoms with van der Waals surface area (Å²) in [5.74, 6) is -0.153. The zero-order chi connectivity index (χ0) is 16.5. The lowest BCUT2D eigenvalue weighted by Crippen LogP contribution is -2.33. The molecule has 0 radical (unpaired) electrons. The van der Waals surface area contributed by atoms with Gasteiger partial charge in [0, 0.05) is 57.8 Å². The second-order valence-corrected chi connectivity index (χ2v) is 5.19. The normalized spacial score (nSPS) is 10.1. The van der Waals surface area contributed by atoms with Crippen LogP contribution in [0.25, 0.3) is 0 Å². The molecule has 0 aliphatic heterocycles. The molecule has 0 saturated carbocycles. The third-order valence-electron chi connectivity index (χ3n) is 3.36. The average Bonchev–Trinajstić information content (AvgIpc) is 2.58.